The highest BCUT2D eigenvalue weighted by atomic mass is 32.2. The van der Waals surface area contributed by atoms with Gasteiger partial charge in [-0.1, -0.05) is 92.3 Å². The molecule has 4 aromatic rings. The molecule has 1 aromatic heterocycles. The minimum absolute atomic E-state index is 0.0605. The van der Waals surface area contributed by atoms with Crippen LogP contribution in [0.3, 0.4) is 0 Å². The number of carbonyl (C=O) groups is 1. The smallest absolute Gasteiger partial charge is 0.234 e. The van der Waals surface area contributed by atoms with Crippen LogP contribution in [0.15, 0.2) is 96.0 Å². The lowest BCUT2D eigenvalue weighted by atomic mass is 10.0. The maximum absolute atomic E-state index is 12.3. The zero-order valence-electron chi connectivity index (χ0n) is 18.2. The van der Waals surface area contributed by atoms with E-state index in [1.807, 2.05) is 54.6 Å². The average molecular weight is 440 g/mol. The van der Waals surface area contributed by atoms with Gasteiger partial charge in [0, 0.05) is 11.3 Å². The Morgan fingerprint density at radius 3 is 2.06 bits per heavy atom. The van der Waals surface area contributed by atoms with Gasteiger partial charge in [-0.2, -0.15) is 0 Å². The Bertz CT molecular complexity index is 1160. The monoisotopic (exact) mass is 439 g/mol. The number of amides is 1. The zero-order chi connectivity index (χ0) is 22.3. The van der Waals surface area contributed by atoms with E-state index >= 15 is 0 Å². The molecular weight excluding hydrogens is 414 g/mol. The van der Waals surface area contributed by atoms with Gasteiger partial charge in [0.2, 0.25) is 5.91 Å². The molecule has 4 rings (SSSR count). The van der Waals surface area contributed by atoms with E-state index in [0.29, 0.717) is 5.92 Å². The molecule has 0 radical (unpaired) electrons. The fraction of sp³-hybridized carbons (Fsp3) is 0.148. The van der Waals surface area contributed by atoms with Gasteiger partial charge in [-0.05, 0) is 46.9 Å². The second-order valence-corrected chi connectivity index (χ2v) is 8.81. The molecule has 0 aliphatic carbocycles. The molecule has 0 atom stereocenters. The Morgan fingerprint density at radius 1 is 0.781 bits per heavy atom. The number of anilines is 1. The molecule has 0 unspecified atom stereocenters. The molecular formula is C27H25N3OS. The second-order valence-electron chi connectivity index (χ2n) is 7.81. The van der Waals surface area contributed by atoms with Crippen LogP contribution in [-0.4, -0.2) is 21.9 Å². The van der Waals surface area contributed by atoms with Gasteiger partial charge >= 0.3 is 0 Å². The van der Waals surface area contributed by atoms with Crippen LogP contribution in [0, 0.1) is 0 Å². The van der Waals surface area contributed by atoms with Gasteiger partial charge in [-0.3, -0.25) is 4.79 Å². The quantitative estimate of drug-likeness (QED) is 0.327. The first-order valence-electron chi connectivity index (χ1n) is 10.6. The Kier molecular flexibility index (Phi) is 6.97. The topological polar surface area (TPSA) is 54.9 Å². The molecule has 0 spiro atoms. The number of hydrogen-bond donors (Lipinski definition) is 1. The van der Waals surface area contributed by atoms with Crippen LogP contribution < -0.4 is 5.32 Å². The third-order valence-electron chi connectivity index (χ3n) is 5.14. The summed E-state index contributed by atoms with van der Waals surface area (Å²) in [6.45, 7) is 4.30. The van der Waals surface area contributed by atoms with Crippen molar-refractivity contribution in [2.24, 2.45) is 0 Å². The fourth-order valence-electron chi connectivity index (χ4n) is 3.30. The van der Waals surface area contributed by atoms with E-state index in [9.17, 15) is 4.79 Å². The summed E-state index contributed by atoms with van der Waals surface area (Å²) in [5.74, 6) is 0.694. The van der Waals surface area contributed by atoms with Crippen LogP contribution >= 0.6 is 11.8 Å². The van der Waals surface area contributed by atoms with E-state index in [0.717, 1.165) is 22.0 Å². The first-order valence-corrected chi connectivity index (χ1v) is 11.6. The van der Waals surface area contributed by atoms with E-state index in [1.54, 1.807) is 0 Å². The molecule has 0 saturated carbocycles. The summed E-state index contributed by atoms with van der Waals surface area (Å²) >= 11 is 1.37. The molecule has 160 valence electrons. The van der Waals surface area contributed by atoms with Crippen molar-refractivity contribution in [3.63, 3.8) is 0 Å². The van der Waals surface area contributed by atoms with Crippen molar-refractivity contribution < 1.29 is 4.79 Å². The molecule has 0 fully saturated rings. The number of hydrogen-bond acceptors (Lipinski definition) is 4. The molecule has 3 aromatic carbocycles. The first-order chi connectivity index (χ1) is 15.6. The average Bonchev–Trinajstić information content (AvgIpc) is 2.84. The van der Waals surface area contributed by atoms with Gasteiger partial charge in [0.05, 0.1) is 11.4 Å². The third-order valence-corrected chi connectivity index (χ3v) is 6.06. The van der Waals surface area contributed by atoms with Gasteiger partial charge in [0.25, 0.3) is 0 Å². The van der Waals surface area contributed by atoms with E-state index in [-0.39, 0.29) is 11.7 Å². The molecule has 32 heavy (non-hydrogen) atoms. The normalized spacial score (nSPS) is 10.8. The molecule has 0 aliphatic heterocycles. The minimum atomic E-state index is -0.0605. The highest BCUT2D eigenvalue weighted by Crippen LogP contribution is 2.24. The summed E-state index contributed by atoms with van der Waals surface area (Å²) in [5, 5.41) is 12.3. The van der Waals surface area contributed by atoms with Crippen molar-refractivity contribution in [2.75, 3.05) is 11.1 Å². The number of rotatable bonds is 7. The van der Waals surface area contributed by atoms with Crippen LogP contribution in [-0.2, 0) is 4.79 Å². The molecule has 5 heteroatoms. The van der Waals surface area contributed by atoms with Crippen molar-refractivity contribution in [1.29, 1.82) is 0 Å². The van der Waals surface area contributed by atoms with Crippen LogP contribution in [0.5, 0.6) is 0 Å². The summed E-state index contributed by atoms with van der Waals surface area (Å²) in [6.07, 6.45) is 0. The van der Waals surface area contributed by atoms with Gasteiger partial charge in [-0.15, -0.1) is 10.2 Å². The van der Waals surface area contributed by atoms with E-state index in [2.05, 4.69) is 65.8 Å². The summed E-state index contributed by atoms with van der Waals surface area (Å²) in [4.78, 5) is 12.3. The lowest BCUT2D eigenvalue weighted by molar-refractivity contribution is -0.113. The van der Waals surface area contributed by atoms with Crippen molar-refractivity contribution >= 4 is 23.4 Å². The second kappa shape index (κ2) is 10.2. The number of benzene rings is 3. The maximum Gasteiger partial charge on any atom is 0.234 e. The van der Waals surface area contributed by atoms with Gasteiger partial charge in [-0.25, -0.2) is 0 Å². The van der Waals surface area contributed by atoms with Gasteiger partial charge in [0.1, 0.15) is 5.03 Å². The highest BCUT2D eigenvalue weighted by molar-refractivity contribution is 7.99. The van der Waals surface area contributed by atoms with Crippen LogP contribution in [0.1, 0.15) is 25.3 Å². The molecule has 1 N–H and O–H groups in total. The number of aromatic nitrogens is 2. The lowest BCUT2D eigenvalue weighted by Gasteiger charge is -2.08. The summed E-state index contributed by atoms with van der Waals surface area (Å²) in [5.41, 5.74) is 6.23. The van der Waals surface area contributed by atoms with Crippen molar-refractivity contribution in [3.05, 3.63) is 96.6 Å². The SMILES string of the molecule is CC(C)c1ccc(NC(=O)CSc2ccc(-c3ccc(-c4ccccc4)cc3)nn2)cc1. The van der Waals surface area contributed by atoms with Crippen molar-refractivity contribution in [1.82, 2.24) is 10.2 Å². The van der Waals surface area contributed by atoms with Crippen molar-refractivity contribution in [3.8, 4) is 22.4 Å². The Balaban J connectivity index is 1.32. The number of thioether (sulfide) groups is 1. The molecule has 0 saturated heterocycles. The predicted molar refractivity (Wildman–Crippen MR) is 133 cm³/mol. The summed E-state index contributed by atoms with van der Waals surface area (Å²) < 4.78 is 0. The molecule has 0 bridgehead atoms. The Morgan fingerprint density at radius 2 is 1.44 bits per heavy atom. The Hall–Kier alpha value is -3.44. The summed E-state index contributed by atoms with van der Waals surface area (Å²) in [7, 11) is 0. The van der Waals surface area contributed by atoms with Crippen molar-refractivity contribution in [2.45, 2.75) is 24.8 Å². The molecule has 1 heterocycles. The molecule has 1 amide bonds. The van der Waals surface area contributed by atoms with E-state index in [1.165, 1.54) is 28.5 Å². The minimum Gasteiger partial charge on any atom is -0.325 e. The number of carbonyl (C=O) groups excluding carboxylic acids is 1. The van der Waals surface area contributed by atoms with Gasteiger partial charge < -0.3 is 5.32 Å². The standard InChI is InChI=1S/C27H25N3OS/c1-19(2)20-12-14-24(15-13-20)28-26(31)18-32-27-17-16-25(29-30-27)23-10-8-22(9-11-23)21-6-4-3-5-7-21/h3-17,19H,18H2,1-2H3,(H,28,31). The van der Waals surface area contributed by atoms with E-state index < -0.39 is 0 Å². The van der Waals surface area contributed by atoms with Crippen LogP contribution in [0.2, 0.25) is 0 Å². The Labute approximate surface area is 193 Å². The fourth-order valence-corrected chi connectivity index (χ4v) is 3.92. The lowest BCUT2D eigenvalue weighted by Crippen LogP contribution is -2.14. The highest BCUT2D eigenvalue weighted by Gasteiger charge is 2.07. The largest absolute Gasteiger partial charge is 0.325 e. The predicted octanol–water partition coefficient (Wildman–Crippen LogP) is 6.66. The first kappa shape index (κ1) is 21.8. The van der Waals surface area contributed by atoms with Crippen LogP contribution in [0.25, 0.3) is 22.4 Å². The summed E-state index contributed by atoms with van der Waals surface area (Å²) in [6, 6.07) is 30.4. The number of nitrogens with one attached hydrogen (secondary N) is 1. The van der Waals surface area contributed by atoms with Gasteiger partial charge in [0.15, 0.2) is 0 Å². The van der Waals surface area contributed by atoms with E-state index in [4.69, 9.17) is 0 Å². The maximum atomic E-state index is 12.3. The van der Waals surface area contributed by atoms with Crippen LogP contribution in [0.4, 0.5) is 5.69 Å². The molecule has 4 nitrogen and oxygen atoms in total. The molecule has 0 aliphatic rings. The number of nitrogens with zero attached hydrogens (tertiary/aromatic N) is 2. The zero-order valence-corrected chi connectivity index (χ0v) is 19.0. The third kappa shape index (κ3) is 5.62.